The largest absolute Gasteiger partial charge is 0.508 e. The van der Waals surface area contributed by atoms with Crippen molar-refractivity contribution in [3.05, 3.63) is 29.8 Å². The molecule has 1 unspecified atom stereocenters. The van der Waals surface area contributed by atoms with E-state index in [1.54, 1.807) is 12.1 Å². The van der Waals surface area contributed by atoms with E-state index in [0.29, 0.717) is 6.42 Å². The Balaban J connectivity index is 2.42. The fourth-order valence-corrected chi connectivity index (χ4v) is 1.76. The lowest BCUT2D eigenvalue weighted by atomic mass is 10.0. The van der Waals surface area contributed by atoms with Gasteiger partial charge in [0.1, 0.15) is 5.75 Å². The zero-order valence-corrected chi connectivity index (χ0v) is 10.9. The van der Waals surface area contributed by atoms with Gasteiger partial charge in [-0.3, -0.25) is 9.59 Å². The molecule has 1 amide bonds. The highest BCUT2D eigenvalue weighted by Gasteiger charge is 2.17. The van der Waals surface area contributed by atoms with Crippen molar-refractivity contribution in [3.8, 4) is 5.75 Å². The highest BCUT2D eigenvalue weighted by Crippen LogP contribution is 2.10. The molecule has 104 valence electrons. The minimum atomic E-state index is -0.883. The summed E-state index contributed by atoms with van der Waals surface area (Å²) >= 11 is 0. The van der Waals surface area contributed by atoms with Crippen LogP contribution >= 0.6 is 0 Å². The second-order valence-electron chi connectivity index (χ2n) is 4.47. The standard InChI is InChI=1S/C14H19NO4/c1-2-3-11(14(18)19)9-15-13(17)8-10-4-6-12(16)7-5-10/h4-7,11,16H,2-3,8-9H2,1H3,(H,15,17)(H,18,19). The zero-order chi connectivity index (χ0) is 14.3. The average Bonchev–Trinajstić information content (AvgIpc) is 2.37. The molecule has 0 aliphatic heterocycles. The zero-order valence-electron chi connectivity index (χ0n) is 10.9. The molecule has 0 spiro atoms. The van der Waals surface area contributed by atoms with Gasteiger partial charge >= 0.3 is 5.97 Å². The molecule has 0 radical (unpaired) electrons. The van der Waals surface area contributed by atoms with E-state index in [-0.39, 0.29) is 24.6 Å². The Hall–Kier alpha value is -2.04. The summed E-state index contributed by atoms with van der Waals surface area (Å²) < 4.78 is 0. The van der Waals surface area contributed by atoms with Crippen LogP contribution in [0.2, 0.25) is 0 Å². The van der Waals surface area contributed by atoms with Gasteiger partial charge in [-0.05, 0) is 24.1 Å². The third kappa shape index (κ3) is 5.42. The van der Waals surface area contributed by atoms with Crippen LogP contribution in [-0.2, 0) is 16.0 Å². The Morgan fingerprint density at radius 1 is 1.26 bits per heavy atom. The van der Waals surface area contributed by atoms with Crippen LogP contribution in [0.1, 0.15) is 25.3 Å². The van der Waals surface area contributed by atoms with Gasteiger partial charge in [-0.2, -0.15) is 0 Å². The van der Waals surface area contributed by atoms with Crippen LogP contribution in [-0.4, -0.2) is 28.6 Å². The van der Waals surface area contributed by atoms with E-state index in [2.05, 4.69) is 5.32 Å². The van der Waals surface area contributed by atoms with E-state index in [1.165, 1.54) is 12.1 Å². The number of phenols is 1. The smallest absolute Gasteiger partial charge is 0.308 e. The van der Waals surface area contributed by atoms with Crippen LogP contribution in [0.3, 0.4) is 0 Å². The van der Waals surface area contributed by atoms with E-state index in [0.717, 1.165) is 12.0 Å². The van der Waals surface area contributed by atoms with Crippen LogP contribution < -0.4 is 5.32 Å². The van der Waals surface area contributed by atoms with Gasteiger partial charge in [-0.15, -0.1) is 0 Å². The molecule has 0 saturated heterocycles. The molecule has 0 bridgehead atoms. The summed E-state index contributed by atoms with van der Waals surface area (Å²) in [4.78, 5) is 22.6. The van der Waals surface area contributed by atoms with Gasteiger partial charge < -0.3 is 15.5 Å². The summed E-state index contributed by atoms with van der Waals surface area (Å²) in [5, 5.41) is 20.7. The van der Waals surface area contributed by atoms with E-state index in [4.69, 9.17) is 10.2 Å². The molecule has 0 aromatic heterocycles. The first-order valence-electron chi connectivity index (χ1n) is 6.30. The quantitative estimate of drug-likeness (QED) is 0.698. The van der Waals surface area contributed by atoms with E-state index in [1.807, 2.05) is 6.92 Å². The second kappa shape index (κ2) is 7.41. The predicted molar refractivity (Wildman–Crippen MR) is 70.9 cm³/mol. The summed E-state index contributed by atoms with van der Waals surface area (Å²) in [5.74, 6) is -1.48. The maximum Gasteiger partial charge on any atom is 0.308 e. The minimum Gasteiger partial charge on any atom is -0.508 e. The molecule has 1 aromatic carbocycles. The van der Waals surface area contributed by atoms with Crippen molar-refractivity contribution in [1.82, 2.24) is 5.32 Å². The first kappa shape index (κ1) is 15.0. The van der Waals surface area contributed by atoms with Crippen molar-refractivity contribution in [2.75, 3.05) is 6.54 Å². The number of amides is 1. The van der Waals surface area contributed by atoms with Gasteiger partial charge in [0.2, 0.25) is 5.91 Å². The van der Waals surface area contributed by atoms with Crippen LogP contribution in [0.4, 0.5) is 0 Å². The molecule has 1 rings (SSSR count). The molecule has 5 nitrogen and oxygen atoms in total. The molecule has 5 heteroatoms. The molecular weight excluding hydrogens is 246 g/mol. The van der Waals surface area contributed by atoms with Gasteiger partial charge in [0.25, 0.3) is 0 Å². The Morgan fingerprint density at radius 2 is 1.89 bits per heavy atom. The number of carbonyl (C=O) groups is 2. The number of hydrogen-bond donors (Lipinski definition) is 3. The Kier molecular flexibility index (Phi) is 5.85. The summed E-state index contributed by atoms with van der Waals surface area (Å²) in [6, 6.07) is 6.35. The fourth-order valence-electron chi connectivity index (χ4n) is 1.76. The van der Waals surface area contributed by atoms with Crippen LogP contribution in [0.15, 0.2) is 24.3 Å². The Bertz CT molecular complexity index is 428. The number of carboxylic acid groups (broad SMARTS) is 1. The molecule has 1 atom stereocenters. The van der Waals surface area contributed by atoms with Crippen LogP contribution in [0.5, 0.6) is 5.75 Å². The third-order valence-electron chi connectivity index (χ3n) is 2.83. The first-order valence-corrected chi connectivity index (χ1v) is 6.30. The van der Waals surface area contributed by atoms with E-state index < -0.39 is 11.9 Å². The molecule has 0 heterocycles. The van der Waals surface area contributed by atoms with Crippen molar-refractivity contribution in [1.29, 1.82) is 0 Å². The molecular formula is C14H19NO4. The number of aromatic hydroxyl groups is 1. The fraction of sp³-hybridized carbons (Fsp3) is 0.429. The normalized spacial score (nSPS) is 11.8. The van der Waals surface area contributed by atoms with Crippen molar-refractivity contribution in [2.24, 2.45) is 5.92 Å². The van der Waals surface area contributed by atoms with Gasteiger partial charge in [-0.25, -0.2) is 0 Å². The number of hydrogen-bond acceptors (Lipinski definition) is 3. The van der Waals surface area contributed by atoms with E-state index in [9.17, 15) is 9.59 Å². The van der Waals surface area contributed by atoms with Crippen molar-refractivity contribution in [3.63, 3.8) is 0 Å². The van der Waals surface area contributed by atoms with Gasteiger partial charge in [-0.1, -0.05) is 25.5 Å². The highest BCUT2D eigenvalue weighted by atomic mass is 16.4. The minimum absolute atomic E-state index is 0.151. The Morgan fingerprint density at radius 3 is 2.42 bits per heavy atom. The maximum absolute atomic E-state index is 11.7. The lowest BCUT2D eigenvalue weighted by Crippen LogP contribution is -2.33. The number of carboxylic acids is 1. The number of carbonyl (C=O) groups excluding carboxylic acids is 1. The molecule has 0 saturated carbocycles. The van der Waals surface area contributed by atoms with Gasteiger partial charge in [0, 0.05) is 6.54 Å². The second-order valence-corrected chi connectivity index (χ2v) is 4.47. The first-order chi connectivity index (χ1) is 9.02. The van der Waals surface area contributed by atoms with Crippen LogP contribution in [0.25, 0.3) is 0 Å². The highest BCUT2D eigenvalue weighted by molar-refractivity contribution is 5.79. The SMILES string of the molecule is CCCC(CNC(=O)Cc1ccc(O)cc1)C(=O)O. The number of nitrogens with one attached hydrogen (secondary N) is 1. The summed E-state index contributed by atoms with van der Waals surface area (Å²) in [5.41, 5.74) is 0.776. The van der Waals surface area contributed by atoms with Crippen molar-refractivity contribution < 1.29 is 19.8 Å². The van der Waals surface area contributed by atoms with Crippen molar-refractivity contribution >= 4 is 11.9 Å². The summed E-state index contributed by atoms with van der Waals surface area (Å²) in [6.45, 7) is 2.06. The predicted octanol–water partition coefficient (Wildman–Crippen LogP) is 1.55. The number of phenolic OH excluding ortho intramolecular Hbond substituents is 1. The van der Waals surface area contributed by atoms with Gasteiger partial charge in [0.15, 0.2) is 0 Å². The molecule has 1 aromatic rings. The Labute approximate surface area is 112 Å². The molecule has 0 aliphatic carbocycles. The molecule has 3 N–H and O–H groups in total. The monoisotopic (exact) mass is 265 g/mol. The molecule has 0 aliphatic rings. The lowest BCUT2D eigenvalue weighted by molar-refractivity contribution is -0.141. The molecule has 19 heavy (non-hydrogen) atoms. The molecule has 0 fully saturated rings. The summed E-state index contributed by atoms with van der Waals surface area (Å²) in [6.07, 6.45) is 1.50. The number of aliphatic carboxylic acids is 1. The van der Waals surface area contributed by atoms with E-state index >= 15 is 0 Å². The lowest BCUT2D eigenvalue weighted by Gasteiger charge is -2.12. The van der Waals surface area contributed by atoms with Gasteiger partial charge in [0.05, 0.1) is 12.3 Å². The maximum atomic E-state index is 11.7. The number of rotatable bonds is 7. The van der Waals surface area contributed by atoms with Crippen molar-refractivity contribution in [2.45, 2.75) is 26.2 Å². The topological polar surface area (TPSA) is 86.6 Å². The average molecular weight is 265 g/mol. The number of benzene rings is 1. The van der Waals surface area contributed by atoms with Crippen LogP contribution in [0, 0.1) is 5.92 Å². The third-order valence-corrected chi connectivity index (χ3v) is 2.83. The summed E-state index contributed by atoms with van der Waals surface area (Å²) in [7, 11) is 0.